The summed E-state index contributed by atoms with van der Waals surface area (Å²) in [6.07, 6.45) is 2.66. The molecule has 0 spiro atoms. The molecular formula is C13H22N2OS. The van der Waals surface area contributed by atoms with Gasteiger partial charge in [0.2, 0.25) is 0 Å². The fourth-order valence-electron chi connectivity index (χ4n) is 1.87. The largest absolute Gasteiger partial charge is 0.371 e. The molecule has 0 aromatic carbocycles. The monoisotopic (exact) mass is 254 g/mol. The number of thiazole rings is 1. The number of ether oxygens (including phenoxy) is 1. The molecule has 1 N–H and O–H groups in total. The van der Waals surface area contributed by atoms with Crippen LogP contribution < -0.4 is 5.32 Å². The Labute approximate surface area is 108 Å². The first kappa shape index (κ1) is 13.0. The maximum absolute atomic E-state index is 5.90. The van der Waals surface area contributed by atoms with Crippen LogP contribution in [0.1, 0.15) is 44.3 Å². The minimum Gasteiger partial charge on any atom is -0.371 e. The number of rotatable bonds is 3. The van der Waals surface area contributed by atoms with Crippen LogP contribution in [0.15, 0.2) is 5.38 Å². The number of piperidine rings is 1. The van der Waals surface area contributed by atoms with Crippen LogP contribution in [0.4, 0.5) is 0 Å². The van der Waals surface area contributed by atoms with Gasteiger partial charge in [-0.3, -0.25) is 0 Å². The van der Waals surface area contributed by atoms with Crippen molar-refractivity contribution in [1.29, 1.82) is 0 Å². The van der Waals surface area contributed by atoms with E-state index in [4.69, 9.17) is 4.74 Å². The molecule has 0 atom stereocenters. The van der Waals surface area contributed by atoms with Crippen LogP contribution in [0.5, 0.6) is 0 Å². The molecule has 1 fully saturated rings. The molecule has 0 unspecified atom stereocenters. The standard InChI is InChI=1S/C13H22N2OS/c1-13(2,3)11-9-17-12(15-11)8-16-10-4-6-14-7-5-10/h9-10,14H,4-8H2,1-3H3. The summed E-state index contributed by atoms with van der Waals surface area (Å²) in [6, 6.07) is 0. The summed E-state index contributed by atoms with van der Waals surface area (Å²) in [6.45, 7) is 9.41. The second-order valence-electron chi connectivity index (χ2n) is 5.64. The third-order valence-electron chi connectivity index (χ3n) is 3.05. The summed E-state index contributed by atoms with van der Waals surface area (Å²) >= 11 is 1.71. The average Bonchev–Trinajstić information content (AvgIpc) is 2.76. The Morgan fingerprint density at radius 3 is 2.71 bits per heavy atom. The maximum Gasteiger partial charge on any atom is 0.119 e. The predicted octanol–water partition coefficient (Wildman–Crippen LogP) is 2.71. The highest BCUT2D eigenvalue weighted by molar-refractivity contribution is 7.09. The third kappa shape index (κ3) is 3.76. The first-order chi connectivity index (χ1) is 8.05. The van der Waals surface area contributed by atoms with Crippen LogP contribution in [-0.2, 0) is 16.8 Å². The summed E-state index contributed by atoms with van der Waals surface area (Å²) in [5.74, 6) is 0. The molecule has 0 radical (unpaired) electrons. The Balaban J connectivity index is 1.84. The smallest absolute Gasteiger partial charge is 0.119 e. The van der Waals surface area contributed by atoms with Crippen molar-refractivity contribution in [1.82, 2.24) is 10.3 Å². The number of aromatic nitrogens is 1. The fourth-order valence-corrected chi connectivity index (χ4v) is 2.81. The first-order valence-electron chi connectivity index (χ1n) is 6.33. The van der Waals surface area contributed by atoms with Gasteiger partial charge in [0, 0.05) is 10.8 Å². The van der Waals surface area contributed by atoms with Gasteiger partial charge in [-0.1, -0.05) is 20.8 Å². The fraction of sp³-hybridized carbons (Fsp3) is 0.769. The predicted molar refractivity (Wildman–Crippen MR) is 71.5 cm³/mol. The van der Waals surface area contributed by atoms with E-state index in [0.717, 1.165) is 30.9 Å². The van der Waals surface area contributed by atoms with Crippen LogP contribution in [0.2, 0.25) is 0 Å². The van der Waals surface area contributed by atoms with E-state index in [1.807, 2.05) is 0 Å². The van der Waals surface area contributed by atoms with E-state index in [0.29, 0.717) is 12.7 Å². The maximum atomic E-state index is 5.90. The summed E-state index contributed by atoms with van der Waals surface area (Å²) in [5.41, 5.74) is 1.31. The van der Waals surface area contributed by atoms with Crippen molar-refractivity contribution >= 4 is 11.3 Å². The van der Waals surface area contributed by atoms with Gasteiger partial charge in [-0.2, -0.15) is 0 Å². The minimum absolute atomic E-state index is 0.142. The zero-order valence-electron chi connectivity index (χ0n) is 11.0. The Morgan fingerprint density at radius 1 is 1.41 bits per heavy atom. The second-order valence-corrected chi connectivity index (χ2v) is 6.58. The normalized spacial score (nSPS) is 18.5. The zero-order chi connectivity index (χ0) is 12.3. The first-order valence-corrected chi connectivity index (χ1v) is 7.21. The number of nitrogens with one attached hydrogen (secondary N) is 1. The summed E-state index contributed by atoms with van der Waals surface area (Å²) in [7, 11) is 0. The van der Waals surface area contributed by atoms with Crippen molar-refractivity contribution in [3.05, 3.63) is 16.1 Å². The van der Waals surface area contributed by atoms with Gasteiger partial charge in [0.05, 0.1) is 18.4 Å². The molecule has 2 rings (SSSR count). The molecule has 3 nitrogen and oxygen atoms in total. The Hall–Kier alpha value is -0.450. The molecule has 1 aliphatic heterocycles. The van der Waals surface area contributed by atoms with E-state index in [-0.39, 0.29) is 5.41 Å². The van der Waals surface area contributed by atoms with Gasteiger partial charge in [-0.05, 0) is 25.9 Å². The highest BCUT2D eigenvalue weighted by Crippen LogP contribution is 2.24. The van der Waals surface area contributed by atoms with Crippen LogP contribution >= 0.6 is 11.3 Å². The van der Waals surface area contributed by atoms with Crippen molar-refractivity contribution in [2.24, 2.45) is 0 Å². The van der Waals surface area contributed by atoms with E-state index in [9.17, 15) is 0 Å². The highest BCUT2D eigenvalue weighted by Gasteiger charge is 2.18. The lowest BCUT2D eigenvalue weighted by atomic mass is 9.93. The van der Waals surface area contributed by atoms with Crippen LogP contribution in [-0.4, -0.2) is 24.2 Å². The number of hydrogen-bond acceptors (Lipinski definition) is 4. The van der Waals surface area contributed by atoms with Gasteiger partial charge in [-0.15, -0.1) is 11.3 Å². The summed E-state index contributed by atoms with van der Waals surface area (Å²) in [5, 5.41) is 6.60. The van der Waals surface area contributed by atoms with Crippen molar-refractivity contribution in [2.45, 2.75) is 51.7 Å². The lowest BCUT2D eigenvalue weighted by Gasteiger charge is -2.22. The van der Waals surface area contributed by atoms with Gasteiger partial charge < -0.3 is 10.1 Å². The Morgan fingerprint density at radius 2 is 2.12 bits per heavy atom. The molecular weight excluding hydrogens is 232 g/mol. The van der Waals surface area contributed by atoms with Crippen molar-refractivity contribution < 1.29 is 4.74 Å². The molecule has 4 heteroatoms. The van der Waals surface area contributed by atoms with Crippen molar-refractivity contribution in [3.8, 4) is 0 Å². The molecule has 1 aromatic heterocycles. The van der Waals surface area contributed by atoms with E-state index in [1.165, 1.54) is 5.69 Å². The van der Waals surface area contributed by atoms with E-state index < -0.39 is 0 Å². The molecule has 0 bridgehead atoms. The molecule has 0 saturated carbocycles. The van der Waals surface area contributed by atoms with Crippen LogP contribution in [0.25, 0.3) is 0 Å². The van der Waals surface area contributed by atoms with Gasteiger partial charge in [0.15, 0.2) is 0 Å². The zero-order valence-corrected chi connectivity index (χ0v) is 11.8. The van der Waals surface area contributed by atoms with Gasteiger partial charge in [-0.25, -0.2) is 4.98 Å². The van der Waals surface area contributed by atoms with Gasteiger partial charge >= 0.3 is 0 Å². The molecule has 1 saturated heterocycles. The van der Waals surface area contributed by atoms with Crippen LogP contribution in [0, 0.1) is 0 Å². The lowest BCUT2D eigenvalue weighted by Crippen LogP contribution is -2.32. The van der Waals surface area contributed by atoms with Crippen molar-refractivity contribution in [2.75, 3.05) is 13.1 Å². The van der Waals surface area contributed by atoms with Gasteiger partial charge in [0.1, 0.15) is 5.01 Å². The minimum atomic E-state index is 0.142. The molecule has 1 aliphatic rings. The molecule has 0 aliphatic carbocycles. The summed E-state index contributed by atoms with van der Waals surface area (Å²) in [4.78, 5) is 4.64. The lowest BCUT2D eigenvalue weighted by molar-refractivity contribution is 0.0210. The SMILES string of the molecule is CC(C)(C)c1csc(COC2CCNCC2)n1. The van der Waals surface area contributed by atoms with Crippen LogP contribution in [0.3, 0.4) is 0 Å². The molecule has 96 valence electrons. The molecule has 2 heterocycles. The molecule has 17 heavy (non-hydrogen) atoms. The Kier molecular flexibility index (Phi) is 4.17. The number of nitrogens with zero attached hydrogens (tertiary/aromatic N) is 1. The highest BCUT2D eigenvalue weighted by atomic mass is 32.1. The second kappa shape index (κ2) is 5.46. The van der Waals surface area contributed by atoms with E-state index >= 15 is 0 Å². The van der Waals surface area contributed by atoms with E-state index in [2.05, 4.69) is 36.5 Å². The summed E-state index contributed by atoms with van der Waals surface area (Å²) < 4.78 is 5.90. The topological polar surface area (TPSA) is 34.1 Å². The Bertz CT molecular complexity index is 351. The van der Waals surface area contributed by atoms with E-state index in [1.54, 1.807) is 11.3 Å². The average molecular weight is 254 g/mol. The van der Waals surface area contributed by atoms with Gasteiger partial charge in [0.25, 0.3) is 0 Å². The quantitative estimate of drug-likeness (QED) is 0.900. The van der Waals surface area contributed by atoms with Crippen molar-refractivity contribution in [3.63, 3.8) is 0 Å². The molecule has 0 amide bonds. The third-order valence-corrected chi connectivity index (χ3v) is 3.87. The molecule has 1 aromatic rings. The number of hydrogen-bond donors (Lipinski definition) is 1.